The van der Waals surface area contributed by atoms with Crippen LogP contribution in [0.3, 0.4) is 0 Å². The van der Waals surface area contributed by atoms with Crippen LogP contribution in [0.5, 0.6) is 0 Å². The number of carbonyl (C=O) groups is 1. The van der Waals surface area contributed by atoms with Gasteiger partial charge in [0.25, 0.3) is 0 Å². The van der Waals surface area contributed by atoms with Crippen LogP contribution < -0.4 is 0 Å². The quantitative estimate of drug-likeness (QED) is 0.326. The molecule has 0 aromatic heterocycles. The van der Waals surface area contributed by atoms with E-state index in [2.05, 4.69) is 0 Å². The number of nitriles is 1. The van der Waals surface area contributed by atoms with Gasteiger partial charge in [-0.1, -0.05) is 30.3 Å². The van der Waals surface area contributed by atoms with Gasteiger partial charge in [0.15, 0.2) is 0 Å². The van der Waals surface area contributed by atoms with Crippen molar-refractivity contribution in [3.8, 4) is 6.07 Å². The van der Waals surface area contributed by atoms with Crippen LogP contribution in [0.1, 0.15) is 12.5 Å². The summed E-state index contributed by atoms with van der Waals surface area (Å²) in [6, 6.07) is 11.0. The Hall–Kier alpha value is -2.08. The Morgan fingerprint density at radius 2 is 2.13 bits per heavy atom. The van der Waals surface area contributed by atoms with Crippen molar-refractivity contribution in [3.05, 3.63) is 41.5 Å². The lowest BCUT2D eigenvalue weighted by atomic mass is 10.2. The molecule has 0 amide bonds. The van der Waals surface area contributed by atoms with Gasteiger partial charge in [-0.05, 0) is 18.6 Å². The molecule has 1 rings (SSSR count). The van der Waals surface area contributed by atoms with E-state index in [1.165, 1.54) is 6.08 Å². The van der Waals surface area contributed by atoms with Gasteiger partial charge in [-0.15, -0.1) is 0 Å². The summed E-state index contributed by atoms with van der Waals surface area (Å²) >= 11 is 0. The van der Waals surface area contributed by atoms with E-state index in [-0.39, 0.29) is 12.2 Å². The highest BCUT2D eigenvalue weighted by atomic mass is 16.5. The maximum Gasteiger partial charge on any atom is 0.348 e. The summed E-state index contributed by atoms with van der Waals surface area (Å²) in [6.07, 6.45) is 1.51. The van der Waals surface area contributed by atoms with Crippen molar-refractivity contribution in [2.75, 3.05) is 6.61 Å². The van der Waals surface area contributed by atoms with Crippen molar-refractivity contribution in [2.24, 2.45) is 0 Å². The molecular formula is C12H11NO2. The van der Waals surface area contributed by atoms with Crippen LogP contribution in [-0.4, -0.2) is 12.6 Å². The molecule has 0 aliphatic rings. The van der Waals surface area contributed by atoms with E-state index in [4.69, 9.17) is 10.00 Å². The number of benzene rings is 1. The largest absolute Gasteiger partial charge is 0.462 e. The van der Waals surface area contributed by atoms with Gasteiger partial charge in [0.2, 0.25) is 0 Å². The Labute approximate surface area is 88.6 Å². The minimum Gasteiger partial charge on any atom is -0.462 e. The van der Waals surface area contributed by atoms with E-state index in [9.17, 15) is 4.79 Å². The predicted octanol–water partition coefficient (Wildman–Crippen LogP) is 2.16. The predicted molar refractivity (Wildman–Crippen MR) is 56.7 cm³/mol. The number of rotatable bonds is 3. The highest BCUT2D eigenvalue weighted by Gasteiger charge is 2.08. The van der Waals surface area contributed by atoms with Crippen molar-refractivity contribution in [3.63, 3.8) is 0 Å². The molecule has 0 heterocycles. The Kier molecular flexibility index (Phi) is 4.11. The summed E-state index contributed by atoms with van der Waals surface area (Å²) in [6.45, 7) is 1.97. The van der Waals surface area contributed by atoms with Gasteiger partial charge in [0, 0.05) is 0 Å². The van der Waals surface area contributed by atoms with E-state index < -0.39 is 5.97 Å². The van der Waals surface area contributed by atoms with Gasteiger partial charge < -0.3 is 4.74 Å². The summed E-state index contributed by atoms with van der Waals surface area (Å²) in [4.78, 5) is 11.3. The Balaban J connectivity index is 2.89. The van der Waals surface area contributed by atoms with Crippen LogP contribution in [0.15, 0.2) is 35.9 Å². The molecule has 0 aliphatic carbocycles. The second-order valence-electron chi connectivity index (χ2n) is 2.80. The first kappa shape index (κ1) is 11.0. The summed E-state index contributed by atoms with van der Waals surface area (Å²) in [5.74, 6) is -0.580. The van der Waals surface area contributed by atoms with Gasteiger partial charge in [-0.25, -0.2) is 4.79 Å². The molecule has 1 aromatic rings. The fourth-order valence-corrected chi connectivity index (χ4v) is 1.06. The molecule has 1 aromatic carbocycles. The zero-order valence-electron chi connectivity index (χ0n) is 8.43. The standard InChI is InChI=1S/C12H11NO2/c1-2-15-12(14)11(9-13)8-10-6-4-3-5-7-10/h3-8H,2H2,1H3/b11-8+/i9+1. The zero-order valence-corrected chi connectivity index (χ0v) is 8.43. The van der Waals surface area contributed by atoms with Gasteiger partial charge in [0.05, 0.1) is 6.61 Å². The average Bonchev–Trinajstić information content (AvgIpc) is 2.27. The number of nitrogens with zero attached hydrogens (tertiary/aromatic N) is 1. The third-order valence-electron chi connectivity index (χ3n) is 1.73. The summed E-state index contributed by atoms with van der Waals surface area (Å²) in [5.41, 5.74) is 0.824. The molecule has 0 saturated heterocycles. The Morgan fingerprint density at radius 3 is 2.67 bits per heavy atom. The fraction of sp³-hybridized carbons (Fsp3) is 0.167. The molecule has 0 fully saturated rings. The van der Waals surface area contributed by atoms with Crippen LogP contribution in [0.4, 0.5) is 0 Å². The topological polar surface area (TPSA) is 50.1 Å². The molecule has 0 unspecified atom stereocenters. The van der Waals surface area contributed by atoms with Crippen LogP contribution in [0, 0.1) is 11.3 Å². The molecule has 0 saturated carbocycles. The first-order chi connectivity index (χ1) is 7.27. The second kappa shape index (κ2) is 5.61. The first-order valence-corrected chi connectivity index (χ1v) is 4.62. The highest BCUT2D eigenvalue weighted by molar-refractivity contribution is 5.97. The van der Waals surface area contributed by atoms with Crippen molar-refractivity contribution >= 4 is 12.0 Å². The van der Waals surface area contributed by atoms with E-state index >= 15 is 0 Å². The third-order valence-corrected chi connectivity index (χ3v) is 1.73. The lowest BCUT2D eigenvalue weighted by Gasteiger charge is -1.99. The first-order valence-electron chi connectivity index (χ1n) is 4.62. The molecule has 3 heteroatoms. The van der Waals surface area contributed by atoms with E-state index in [1.54, 1.807) is 6.92 Å². The van der Waals surface area contributed by atoms with E-state index in [0.29, 0.717) is 0 Å². The van der Waals surface area contributed by atoms with Crippen molar-refractivity contribution < 1.29 is 9.53 Å². The molecule has 0 atom stereocenters. The smallest absolute Gasteiger partial charge is 0.348 e. The van der Waals surface area contributed by atoms with E-state index in [1.807, 2.05) is 36.4 Å². The van der Waals surface area contributed by atoms with Crippen LogP contribution >= 0.6 is 0 Å². The van der Waals surface area contributed by atoms with Gasteiger partial charge in [-0.3, -0.25) is 0 Å². The molecule has 0 N–H and O–H groups in total. The van der Waals surface area contributed by atoms with Gasteiger partial charge >= 0.3 is 5.97 Å². The van der Waals surface area contributed by atoms with Crippen LogP contribution in [0.25, 0.3) is 6.08 Å². The molecule has 3 nitrogen and oxygen atoms in total. The Bertz CT molecular complexity index is 401. The van der Waals surface area contributed by atoms with Crippen LogP contribution in [-0.2, 0) is 9.53 Å². The summed E-state index contributed by atoms with van der Waals surface area (Å²) in [5, 5.41) is 8.77. The highest BCUT2D eigenvalue weighted by Crippen LogP contribution is 2.07. The molecule has 15 heavy (non-hydrogen) atoms. The summed E-state index contributed by atoms with van der Waals surface area (Å²) in [7, 11) is 0. The molecule has 0 aliphatic heterocycles. The molecule has 0 bridgehead atoms. The van der Waals surface area contributed by atoms with Gasteiger partial charge in [0.1, 0.15) is 11.6 Å². The van der Waals surface area contributed by atoms with Crippen molar-refractivity contribution in [1.82, 2.24) is 0 Å². The number of ether oxygens (including phenoxy) is 1. The van der Waals surface area contributed by atoms with E-state index in [0.717, 1.165) is 5.56 Å². The van der Waals surface area contributed by atoms with Crippen LogP contribution in [0.2, 0.25) is 0 Å². The number of hydrogen-bond donors (Lipinski definition) is 0. The number of hydrogen-bond acceptors (Lipinski definition) is 3. The van der Waals surface area contributed by atoms with Gasteiger partial charge in [-0.2, -0.15) is 5.26 Å². The monoisotopic (exact) mass is 202 g/mol. The second-order valence-corrected chi connectivity index (χ2v) is 2.80. The molecule has 0 spiro atoms. The summed E-state index contributed by atoms with van der Waals surface area (Å²) < 4.78 is 4.74. The molecule has 76 valence electrons. The number of esters is 1. The minimum atomic E-state index is -0.580. The lowest BCUT2D eigenvalue weighted by Crippen LogP contribution is -2.05. The average molecular weight is 202 g/mol. The normalized spacial score (nSPS) is 10.5. The zero-order chi connectivity index (χ0) is 11.1. The molecule has 0 radical (unpaired) electrons. The Morgan fingerprint density at radius 1 is 1.47 bits per heavy atom. The fourth-order valence-electron chi connectivity index (χ4n) is 1.06. The lowest BCUT2D eigenvalue weighted by molar-refractivity contribution is -0.137. The minimum absolute atomic E-state index is 0.0167. The van der Waals surface area contributed by atoms with Crippen molar-refractivity contribution in [1.29, 1.82) is 5.26 Å². The maximum atomic E-state index is 11.3. The number of carbonyl (C=O) groups excluding carboxylic acids is 1. The SMILES string of the molecule is CCOC(=O)/C(=C/c1ccccc1)[13C]#N. The van der Waals surface area contributed by atoms with Crippen molar-refractivity contribution in [2.45, 2.75) is 6.92 Å². The molecular weight excluding hydrogens is 191 g/mol. The maximum absolute atomic E-state index is 11.3. The third kappa shape index (κ3) is 3.28.